The van der Waals surface area contributed by atoms with Crippen molar-refractivity contribution < 1.29 is 33.9 Å². The van der Waals surface area contributed by atoms with Crippen LogP contribution in [0.3, 0.4) is 0 Å². The van der Waals surface area contributed by atoms with E-state index in [1.165, 1.54) is 0 Å². The third-order valence-electron chi connectivity index (χ3n) is 9.73. The molecule has 14 heteroatoms. The van der Waals surface area contributed by atoms with Gasteiger partial charge < -0.3 is 44.0 Å². The van der Waals surface area contributed by atoms with E-state index < -0.39 is 53.8 Å². The van der Waals surface area contributed by atoms with Gasteiger partial charge in [-0.25, -0.2) is 4.79 Å². The van der Waals surface area contributed by atoms with E-state index in [1.54, 1.807) is 0 Å². The molecule has 0 spiro atoms. The SMILES string of the molecule is C.C.CC(C)C[C@@H](NC(=O)[C@H](CC(=O)[C@H](N)Cc1ccccc1)Cc1ccccc1)C(=O)C[C@H](CCCN)C(=O)NCCCC[C@H](NC(=O)[C@H](N)CCCN)C(=O)O. The van der Waals surface area contributed by atoms with Crippen LogP contribution in [0.4, 0.5) is 0 Å². The summed E-state index contributed by atoms with van der Waals surface area (Å²) in [5.74, 6) is -4.47. The number of benzene rings is 2. The number of carboxylic acid groups (broad SMARTS) is 1. The zero-order valence-corrected chi connectivity index (χ0v) is 33.1. The first kappa shape index (κ1) is 53.5. The first-order valence-electron chi connectivity index (χ1n) is 19.9. The van der Waals surface area contributed by atoms with Crippen molar-refractivity contribution in [3.05, 3.63) is 71.8 Å². The lowest BCUT2D eigenvalue weighted by Crippen LogP contribution is -2.48. The summed E-state index contributed by atoms with van der Waals surface area (Å²) in [6.45, 7) is 4.81. The standard InChI is InChI=1S/C42H65N7O7.2CH4/c1-28(2)23-36(49-40(53)32(24-29-13-5-3-6-14-29)27-37(50)34(46)25-30-15-7-4-8-16-30)38(51)26-31(17-11-20-43)39(52)47-22-10-9-19-35(42(55)56)48-41(54)33(45)18-12-21-44;;/h3-8,13-16,28,31-36H,9-12,17-27,43-46H2,1-2H3,(H,47,52)(H,48,54)(H,49,53)(H,55,56);2*1H4/t31-,32-,33+,34+,35-,36+;;/m0../s1. The summed E-state index contributed by atoms with van der Waals surface area (Å²) in [4.78, 5) is 78.7. The second-order valence-electron chi connectivity index (χ2n) is 15.1. The molecule has 326 valence electrons. The lowest BCUT2D eigenvalue weighted by atomic mass is 9.88. The summed E-state index contributed by atoms with van der Waals surface area (Å²) in [7, 11) is 0. The number of hydrogen-bond acceptors (Lipinski definition) is 10. The number of amides is 3. The number of rotatable bonds is 29. The highest BCUT2D eigenvalue weighted by atomic mass is 16.4. The fourth-order valence-electron chi connectivity index (χ4n) is 6.47. The van der Waals surface area contributed by atoms with E-state index >= 15 is 0 Å². The van der Waals surface area contributed by atoms with Crippen LogP contribution >= 0.6 is 0 Å². The molecule has 0 heterocycles. The van der Waals surface area contributed by atoms with Crippen LogP contribution in [0, 0.1) is 17.8 Å². The molecule has 0 aromatic heterocycles. The van der Waals surface area contributed by atoms with E-state index in [0.29, 0.717) is 64.5 Å². The van der Waals surface area contributed by atoms with Gasteiger partial charge in [-0.2, -0.15) is 0 Å². The van der Waals surface area contributed by atoms with Crippen LogP contribution < -0.4 is 38.9 Å². The van der Waals surface area contributed by atoms with Gasteiger partial charge in [0, 0.05) is 31.2 Å². The van der Waals surface area contributed by atoms with Crippen molar-refractivity contribution in [1.29, 1.82) is 0 Å². The van der Waals surface area contributed by atoms with Crippen LogP contribution in [0.2, 0.25) is 0 Å². The second kappa shape index (κ2) is 29.7. The summed E-state index contributed by atoms with van der Waals surface area (Å²) in [5.41, 5.74) is 25.2. The number of nitrogens with two attached hydrogens (primary N) is 4. The number of hydrogen-bond donors (Lipinski definition) is 8. The molecule has 14 nitrogen and oxygen atoms in total. The second-order valence-corrected chi connectivity index (χ2v) is 15.1. The number of carbonyl (C=O) groups is 6. The molecule has 0 saturated heterocycles. The van der Waals surface area contributed by atoms with Crippen molar-refractivity contribution in [3.63, 3.8) is 0 Å². The third kappa shape index (κ3) is 20.8. The molecular formula is C44H73N7O7. The number of carboxylic acids is 1. The van der Waals surface area contributed by atoms with E-state index in [4.69, 9.17) is 22.9 Å². The van der Waals surface area contributed by atoms with Crippen LogP contribution in [-0.4, -0.2) is 84.2 Å². The first-order valence-corrected chi connectivity index (χ1v) is 19.9. The summed E-state index contributed by atoms with van der Waals surface area (Å²) < 4.78 is 0. The minimum Gasteiger partial charge on any atom is -0.480 e. The van der Waals surface area contributed by atoms with Crippen molar-refractivity contribution in [2.75, 3.05) is 19.6 Å². The molecule has 2 aromatic rings. The van der Waals surface area contributed by atoms with E-state index in [1.807, 2.05) is 74.5 Å². The number of ketones is 2. The fraction of sp³-hybridized carbons (Fsp3) is 0.591. The van der Waals surface area contributed by atoms with E-state index in [-0.39, 0.29) is 70.5 Å². The van der Waals surface area contributed by atoms with Crippen molar-refractivity contribution in [1.82, 2.24) is 16.0 Å². The van der Waals surface area contributed by atoms with Crippen molar-refractivity contribution in [2.45, 2.75) is 130 Å². The Morgan fingerprint density at radius 1 is 0.603 bits per heavy atom. The van der Waals surface area contributed by atoms with E-state index in [0.717, 1.165) is 11.1 Å². The number of aliphatic carboxylic acids is 1. The molecule has 0 fully saturated rings. The maximum absolute atomic E-state index is 14.0. The average Bonchev–Trinajstić information content (AvgIpc) is 3.17. The zero-order valence-electron chi connectivity index (χ0n) is 33.1. The fourth-order valence-corrected chi connectivity index (χ4v) is 6.47. The van der Waals surface area contributed by atoms with E-state index in [9.17, 15) is 33.9 Å². The first-order chi connectivity index (χ1) is 26.7. The lowest BCUT2D eigenvalue weighted by molar-refractivity contribution is -0.142. The number of nitrogens with one attached hydrogen (secondary N) is 3. The normalized spacial score (nSPS) is 14.0. The summed E-state index contributed by atoms with van der Waals surface area (Å²) in [6.07, 6.45) is 3.47. The minimum atomic E-state index is -1.18. The molecule has 12 N–H and O–H groups in total. The van der Waals surface area contributed by atoms with Crippen LogP contribution in [0.25, 0.3) is 0 Å². The summed E-state index contributed by atoms with van der Waals surface area (Å²) >= 11 is 0. The molecule has 0 unspecified atom stereocenters. The molecule has 0 aliphatic rings. The number of carbonyl (C=O) groups excluding carboxylic acids is 5. The van der Waals surface area contributed by atoms with Gasteiger partial charge in [0.1, 0.15) is 6.04 Å². The van der Waals surface area contributed by atoms with Crippen LogP contribution in [0.15, 0.2) is 60.7 Å². The molecule has 2 rings (SSSR count). The topological polar surface area (TPSA) is 263 Å². The van der Waals surface area contributed by atoms with Gasteiger partial charge >= 0.3 is 5.97 Å². The monoisotopic (exact) mass is 812 g/mol. The smallest absolute Gasteiger partial charge is 0.326 e. The van der Waals surface area contributed by atoms with Gasteiger partial charge in [-0.15, -0.1) is 0 Å². The van der Waals surface area contributed by atoms with Crippen LogP contribution in [0.5, 0.6) is 0 Å². The van der Waals surface area contributed by atoms with Gasteiger partial charge in [-0.05, 0) is 94.3 Å². The molecule has 0 saturated carbocycles. The Balaban J connectivity index is 0.0000162. The minimum absolute atomic E-state index is 0. The van der Waals surface area contributed by atoms with Gasteiger partial charge in [0.15, 0.2) is 11.6 Å². The Bertz CT molecular complexity index is 1510. The Morgan fingerprint density at radius 2 is 1.14 bits per heavy atom. The zero-order chi connectivity index (χ0) is 41.5. The number of unbranched alkanes of at least 4 members (excludes halogenated alkanes) is 1. The van der Waals surface area contributed by atoms with Crippen LogP contribution in [0.1, 0.15) is 104 Å². The Morgan fingerprint density at radius 3 is 1.69 bits per heavy atom. The van der Waals surface area contributed by atoms with Gasteiger partial charge in [-0.3, -0.25) is 24.0 Å². The van der Waals surface area contributed by atoms with Gasteiger partial charge in [0.25, 0.3) is 0 Å². The van der Waals surface area contributed by atoms with Gasteiger partial charge in [0.05, 0.1) is 18.1 Å². The highest BCUT2D eigenvalue weighted by Crippen LogP contribution is 2.20. The molecule has 58 heavy (non-hydrogen) atoms. The van der Waals surface area contributed by atoms with E-state index in [2.05, 4.69) is 16.0 Å². The number of Topliss-reactive ketones (excluding diaryl/α,β-unsaturated/α-hetero) is 2. The van der Waals surface area contributed by atoms with Crippen molar-refractivity contribution in [3.8, 4) is 0 Å². The average molecular weight is 812 g/mol. The highest BCUT2D eigenvalue weighted by molar-refractivity contribution is 5.95. The highest BCUT2D eigenvalue weighted by Gasteiger charge is 2.32. The van der Waals surface area contributed by atoms with Crippen molar-refractivity contribution in [2.24, 2.45) is 40.7 Å². The van der Waals surface area contributed by atoms with Crippen LogP contribution in [-0.2, 0) is 41.6 Å². The Kier molecular flexibility index (Phi) is 27.4. The summed E-state index contributed by atoms with van der Waals surface area (Å²) in [5, 5.41) is 17.9. The largest absolute Gasteiger partial charge is 0.480 e. The maximum Gasteiger partial charge on any atom is 0.326 e. The molecule has 0 aliphatic heterocycles. The predicted molar refractivity (Wildman–Crippen MR) is 230 cm³/mol. The molecule has 6 atom stereocenters. The molecule has 0 radical (unpaired) electrons. The van der Waals surface area contributed by atoms with Gasteiger partial charge in [0.2, 0.25) is 17.7 Å². The lowest BCUT2D eigenvalue weighted by Gasteiger charge is -2.25. The molecular weight excluding hydrogens is 739 g/mol. The molecule has 0 bridgehead atoms. The summed E-state index contributed by atoms with van der Waals surface area (Å²) in [6, 6.07) is 15.1. The van der Waals surface area contributed by atoms with Gasteiger partial charge in [-0.1, -0.05) is 89.4 Å². The molecule has 3 amide bonds. The predicted octanol–water partition coefficient (Wildman–Crippen LogP) is 3.41. The molecule has 0 aliphatic carbocycles. The van der Waals surface area contributed by atoms with Crippen molar-refractivity contribution >= 4 is 35.3 Å². The Labute approximate surface area is 346 Å². The Hall–Kier alpha value is -4.50. The molecule has 2 aromatic carbocycles. The third-order valence-corrected chi connectivity index (χ3v) is 9.73. The maximum atomic E-state index is 14.0. The quantitative estimate of drug-likeness (QED) is 0.0552.